The first kappa shape index (κ1) is 16.5. The number of aryl methyl sites for hydroxylation is 1. The molecule has 0 spiro atoms. The van der Waals surface area contributed by atoms with Crippen LogP contribution in [-0.2, 0) is 6.42 Å². The molecule has 0 saturated carbocycles. The molecule has 0 radical (unpaired) electrons. The average Bonchev–Trinajstić information content (AvgIpc) is 2.85. The Morgan fingerprint density at radius 1 is 1.32 bits per heavy atom. The quantitative estimate of drug-likeness (QED) is 0.885. The normalized spacial score (nSPS) is 15.9. The van der Waals surface area contributed by atoms with Crippen LogP contribution in [0.1, 0.15) is 39.5 Å². The lowest BCUT2D eigenvalue weighted by molar-refractivity contribution is 0.102. The van der Waals surface area contributed by atoms with E-state index in [-0.39, 0.29) is 30.2 Å². The molecule has 0 bridgehead atoms. The lowest BCUT2D eigenvalue weighted by atomic mass is 10.0. The van der Waals surface area contributed by atoms with Crippen molar-refractivity contribution in [2.45, 2.75) is 25.8 Å². The number of benzene rings is 2. The Bertz CT molecular complexity index is 718. The molecule has 5 heteroatoms. The molecule has 1 aliphatic rings. The second-order valence-corrected chi connectivity index (χ2v) is 5.44. The Hall–Kier alpha value is -1.91. The summed E-state index contributed by atoms with van der Waals surface area (Å²) >= 11 is 0. The van der Waals surface area contributed by atoms with Gasteiger partial charge in [0.1, 0.15) is 5.82 Å². The molecular formula is C17H18ClFN2O. The monoisotopic (exact) mass is 320 g/mol. The predicted octanol–water partition coefficient (Wildman–Crippen LogP) is 3.75. The molecule has 3 rings (SSSR count). The summed E-state index contributed by atoms with van der Waals surface area (Å²) in [6.07, 6.45) is 1.69. The van der Waals surface area contributed by atoms with Gasteiger partial charge in [-0.2, -0.15) is 0 Å². The minimum atomic E-state index is -0.278. The van der Waals surface area contributed by atoms with Gasteiger partial charge in [-0.05, 0) is 60.7 Å². The molecule has 1 unspecified atom stereocenters. The summed E-state index contributed by atoms with van der Waals surface area (Å²) in [7, 11) is 0. The first-order chi connectivity index (χ1) is 10.1. The molecule has 0 saturated heterocycles. The van der Waals surface area contributed by atoms with Gasteiger partial charge in [0, 0.05) is 17.3 Å². The van der Waals surface area contributed by atoms with E-state index in [9.17, 15) is 9.18 Å². The van der Waals surface area contributed by atoms with Crippen molar-refractivity contribution in [2.75, 3.05) is 5.32 Å². The zero-order valence-corrected chi connectivity index (χ0v) is 13.0. The van der Waals surface area contributed by atoms with Crippen LogP contribution in [0.25, 0.3) is 0 Å². The molecule has 1 amide bonds. The van der Waals surface area contributed by atoms with Crippen molar-refractivity contribution in [1.82, 2.24) is 0 Å². The van der Waals surface area contributed by atoms with E-state index in [1.165, 1.54) is 6.07 Å². The third-order valence-electron chi connectivity index (χ3n) is 3.98. The minimum Gasteiger partial charge on any atom is -0.324 e. The molecule has 1 aliphatic carbocycles. The maximum absolute atomic E-state index is 13.3. The van der Waals surface area contributed by atoms with Crippen molar-refractivity contribution in [3.05, 3.63) is 64.5 Å². The molecule has 1 atom stereocenters. The van der Waals surface area contributed by atoms with Crippen LogP contribution in [0, 0.1) is 12.7 Å². The molecule has 0 heterocycles. The van der Waals surface area contributed by atoms with Crippen molar-refractivity contribution in [2.24, 2.45) is 5.73 Å². The minimum absolute atomic E-state index is 0. The van der Waals surface area contributed by atoms with Crippen molar-refractivity contribution < 1.29 is 9.18 Å². The lowest BCUT2D eigenvalue weighted by Gasteiger charge is -2.11. The van der Waals surface area contributed by atoms with Crippen LogP contribution >= 0.6 is 12.4 Å². The van der Waals surface area contributed by atoms with Gasteiger partial charge < -0.3 is 11.1 Å². The van der Waals surface area contributed by atoms with Gasteiger partial charge in [0.25, 0.3) is 5.91 Å². The average molecular weight is 321 g/mol. The number of carbonyl (C=O) groups excluding carboxylic acids is 1. The van der Waals surface area contributed by atoms with Gasteiger partial charge in [0.15, 0.2) is 0 Å². The lowest BCUT2D eigenvalue weighted by Crippen LogP contribution is -2.15. The number of nitrogens with one attached hydrogen (secondary N) is 1. The zero-order chi connectivity index (χ0) is 15.0. The molecule has 0 fully saturated rings. The molecule has 0 aromatic heterocycles. The van der Waals surface area contributed by atoms with Gasteiger partial charge in [0.2, 0.25) is 0 Å². The molecule has 0 aliphatic heterocycles. The van der Waals surface area contributed by atoms with E-state index in [4.69, 9.17) is 5.73 Å². The molecule has 2 aromatic carbocycles. The number of fused-ring (bicyclic) bond motifs is 1. The number of hydrogen-bond donors (Lipinski definition) is 2. The summed E-state index contributed by atoms with van der Waals surface area (Å²) in [6.45, 7) is 1.67. The number of hydrogen-bond acceptors (Lipinski definition) is 2. The number of nitrogens with two attached hydrogens (primary N) is 1. The second kappa shape index (κ2) is 6.46. The first-order valence-electron chi connectivity index (χ1n) is 7.01. The van der Waals surface area contributed by atoms with Crippen molar-refractivity contribution in [1.29, 1.82) is 0 Å². The van der Waals surface area contributed by atoms with Gasteiger partial charge in [-0.3, -0.25) is 4.79 Å². The maximum atomic E-state index is 13.3. The predicted molar refractivity (Wildman–Crippen MR) is 88.0 cm³/mol. The van der Waals surface area contributed by atoms with Crippen LogP contribution < -0.4 is 11.1 Å². The first-order valence-corrected chi connectivity index (χ1v) is 7.01. The molecule has 116 valence electrons. The Morgan fingerprint density at radius 2 is 2.09 bits per heavy atom. The topological polar surface area (TPSA) is 55.1 Å². The van der Waals surface area contributed by atoms with Crippen molar-refractivity contribution in [3.8, 4) is 0 Å². The summed E-state index contributed by atoms with van der Waals surface area (Å²) in [6, 6.07) is 10.2. The van der Waals surface area contributed by atoms with Gasteiger partial charge in [-0.1, -0.05) is 12.1 Å². The van der Waals surface area contributed by atoms with E-state index in [1.807, 2.05) is 18.2 Å². The number of carbonyl (C=O) groups is 1. The van der Waals surface area contributed by atoms with Crippen LogP contribution in [0.15, 0.2) is 36.4 Å². The number of halogens is 2. The number of amides is 1. The van der Waals surface area contributed by atoms with Crippen LogP contribution in [-0.4, -0.2) is 5.91 Å². The Morgan fingerprint density at radius 3 is 2.82 bits per heavy atom. The molecule has 3 nitrogen and oxygen atoms in total. The summed E-state index contributed by atoms with van der Waals surface area (Å²) in [5.74, 6) is -0.452. The fraction of sp³-hybridized carbons (Fsp3) is 0.235. The van der Waals surface area contributed by atoms with E-state index in [0.717, 1.165) is 24.0 Å². The fourth-order valence-corrected chi connectivity index (χ4v) is 2.82. The standard InChI is InChI=1S/C17H17FN2O.ClH/c1-10-9-11(5-7-15(10)18)20-17(21)14-4-2-3-13-12(14)6-8-16(13)19;/h2-5,7,9,16H,6,8,19H2,1H3,(H,20,21);1H. The van der Waals surface area contributed by atoms with E-state index < -0.39 is 0 Å². The highest BCUT2D eigenvalue weighted by atomic mass is 35.5. The maximum Gasteiger partial charge on any atom is 0.255 e. The fourth-order valence-electron chi connectivity index (χ4n) is 2.82. The Kier molecular flexibility index (Phi) is 4.84. The zero-order valence-electron chi connectivity index (χ0n) is 12.2. The highest BCUT2D eigenvalue weighted by molar-refractivity contribution is 6.05. The van der Waals surface area contributed by atoms with E-state index in [0.29, 0.717) is 16.8 Å². The highest BCUT2D eigenvalue weighted by Crippen LogP contribution is 2.31. The Labute approximate surface area is 135 Å². The summed E-state index contributed by atoms with van der Waals surface area (Å²) < 4.78 is 13.3. The second-order valence-electron chi connectivity index (χ2n) is 5.44. The van der Waals surface area contributed by atoms with Crippen LogP contribution in [0.4, 0.5) is 10.1 Å². The van der Waals surface area contributed by atoms with E-state index in [2.05, 4.69) is 5.32 Å². The largest absolute Gasteiger partial charge is 0.324 e. The van der Waals surface area contributed by atoms with Gasteiger partial charge >= 0.3 is 0 Å². The number of anilines is 1. The molecule has 2 aromatic rings. The third-order valence-corrected chi connectivity index (χ3v) is 3.98. The SMILES string of the molecule is Cc1cc(NC(=O)c2cccc3c2CCC3N)ccc1F.Cl. The van der Waals surface area contributed by atoms with Crippen molar-refractivity contribution in [3.63, 3.8) is 0 Å². The third kappa shape index (κ3) is 2.98. The highest BCUT2D eigenvalue weighted by Gasteiger charge is 2.24. The van der Waals surface area contributed by atoms with E-state index >= 15 is 0 Å². The van der Waals surface area contributed by atoms with Crippen LogP contribution in [0.3, 0.4) is 0 Å². The summed E-state index contributed by atoms with van der Waals surface area (Å²) in [5, 5.41) is 2.82. The number of rotatable bonds is 2. The van der Waals surface area contributed by atoms with Gasteiger partial charge in [0.05, 0.1) is 0 Å². The van der Waals surface area contributed by atoms with Crippen molar-refractivity contribution >= 4 is 24.0 Å². The molecule has 22 heavy (non-hydrogen) atoms. The smallest absolute Gasteiger partial charge is 0.255 e. The Balaban J connectivity index is 0.00000176. The van der Waals surface area contributed by atoms with Gasteiger partial charge in [-0.15, -0.1) is 12.4 Å². The van der Waals surface area contributed by atoms with Gasteiger partial charge in [-0.25, -0.2) is 4.39 Å². The molecule has 3 N–H and O–H groups in total. The summed E-state index contributed by atoms with van der Waals surface area (Å²) in [4.78, 5) is 12.4. The van der Waals surface area contributed by atoms with E-state index in [1.54, 1.807) is 19.1 Å². The molecular weight excluding hydrogens is 303 g/mol. The summed E-state index contributed by atoms with van der Waals surface area (Å²) in [5.41, 5.74) is 9.87. The van der Waals surface area contributed by atoms with Crippen LogP contribution in [0.2, 0.25) is 0 Å². The van der Waals surface area contributed by atoms with Crippen LogP contribution in [0.5, 0.6) is 0 Å².